The Morgan fingerprint density at radius 3 is 2.18 bits per heavy atom. The van der Waals surface area contributed by atoms with E-state index in [0.29, 0.717) is 17.7 Å². The van der Waals surface area contributed by atoms with E-state index in [2.05, 4.69) is 51.3 Å². The van der Waals surface area contributed by atoms with Crippen molar-refractivity contribution in [3.8, 4) is 0 Å². The minimum atomic E-state index is 0.335. The lowest BCUT2D eigenvalue weighted by molar-refractivity contribution is -0.0608. The molecule has 2 fully saturated rings. The molecule has 0 aromatic carbocycles. The van der Waals surface area contributed by atoms with Crippen LogP contribution in [-0.4, -0.2) is 59.8 Å². The monoisotopic (exact) mass is 310 g/mol. The summed E-state index contributed by atoms with van der Waals surface area (Å²) >= 11 is 0. The molecule has 0 bridgehead atoms. The molecule has 1 aliphatic heterocycles. The number of ether oxygens (including phenoxy) is 1. The van der Waals surface area contributed by atoms with Crippen LogP contribution < -0.4 is 0 Å². The molecule has 0 unspecified atom stereocenters. The normalized spacial score (nSPS) is 28.4. The van der Waals surface area contributed by atoms with Gasteiger partial charge in [-0.25, -0.2) is 0 Å². The van der Waals surface area contributed by atoms with E-state index in [1.165, 1.54) is 45.3 Å². The summed E-state index contributed by atoms with van der Waals surface area (Å²) in [7, 11) is 0. The number of nitrogens with zero attached hydrogens (tertiary/aromatic N) is 2. The lowest BCUT2D eigenvalue weighted by atomic mass is 9.85. The van der Waals surface area contributed by atoms with E-state index in [1.54, 1.807) is 0 Å². The van der Waals surface area contributed by atoms with Gasteiger partial charge in [0.25, 0.3) is 0 Å². The van der Waals surface area contributed by atoms with Crippen LogP contribution in [0.4, 0.5) is 0 Å². The highest BCUT2D eigenvalue weighted by atomic mass is 16.5. The second-order valence-electron chi connectivity index (χ2n) is 8.59. The van der Waals surface area contributed by atoms with Gasteiger partial charge in [-0.15, -0.1) is 0 Å². The fraction of sp³-hybridized carbons (Fsp3) is 1.00. The third-order valence-electron chi connectivity index (χ3n) is 5.64. The molecule has 1 saturated carbocycles. The average molecular weight is 311 g/mol. The number of likely N-dealkylation sites (tertiary alicyclic amines) is 1. The first-order valence-corrected chi connectivity index (χ1v) is 9.43. The van der Waals surface area contributed by atoms with Crippen LogP contribution in [0.15, 0.2) is 0 Å². The zero-order valence-corrected chi connectivity index (χ0v) is 15.8. The fourth-order valence-electron chi connectivity index (χ4n) is 4.05. The maximum atomic E-state index is 5.75. The van der Waals surface area contributed by atoms with Crippen LogP contribution in [0.25, 0.3) is 0 Å². The summed E-state index contributed by atoms with van der Waals surface area (Å²) in [5.41, 5.74) is 0.335. The van der Waals surface area contributed by atoms with Gasteiger partial charge in [0.1, 0.15) is 0 Å². The van der Waals surface area contributed by atoms with E-state index >= 15 is 0 Å². The molecule has 1 saturated heterocycles. The van der Waals surface area contributed by atoms with Crippen molar-refractivity contribution in [3.63, 3.8) is 0 Å². The van der Waals surface area contributed by atoms with Crippen molar-refractivity contribution in [1.29, 1.82) is 0 Å². The number of rotatable bonds is 6. The van der Waals surface area contributed by atoms with E-state index in [4.69, 9.17) is 4.74 Å². The van der Waals surface area contributed by atoms with Crippen LogP contribution in [-0.2, 0) is 4.74 Å². The minimum Gasteiger partial charge on any atom is -0.378 e. The minimum absolute atomic E-state index is 0.335. The molecule has 0 spiro atoms. The van der Waals surface area contributed by atoms with Gasteiger partial charge in [0.2, 0.25) is 0 Å². The van der Waals surface area contributed by atoms with Gasteiger partial charge in [0.05, 0.1) is 6.10 Å². The Hall–Kier alpha value is -0.120. The zero-order valence-electron chi connectivity index (χ0n) is 15.8. The lowest BCUT2D eigenvalue weighted by Gasteiger charge is -2.47. The number of hydrogen-bond acceptors (Lipinski definition) is 3. The highest BCUT2D eigenvalue weighted by Crippen LogP contribution is 2.32. The summed E-state index contributed by atoms with van der Waals surface area (Å²) in [6, 6.07) is 1.42. The van der Waals surface area contributed by atoms with Gasteiger partial charge in [-0.3, -0.25) is 9.80 Å². The van der Waals surface area contributed by atoms with Crippen LogP contribution in [0, 0.1) is 5.92 Å². The molecule has 0 radical (unpaired) electrons. The molecule has 0 aromatic heterocycles. The first kappa shape index (κ1) is 18.2. The predicted octanol–water partition coefficient (Wildman–Crippen LogP) is 3.77. The largest absolute Gasteiger partial charge is 0.378 e. The van der Waals surface area contributed by atoms with Gasteiger partial charge in [0.15, 0.2) is 0 Å². The zero-order chi connectivity index (χ0) is 16.3. The summed E-state index contributed by atoms with van der Waals surface area (Å²) in [6.45, 7) is 18.6. The van der Waals surface area contributed by atoms with Gasteiger partial charge < -0.3 is 4.74 Å². The second-order valence-corrected chi connectivity index (χ2v) is 8.59. The van der Waals surface area contributed by atoms with Gasteiger partial charge in [0, 0.05) is 30.8 Å². The summed E-state index contributed by atoms with van der Waals surface area (Å²) < 4.78 is 5.75. The Kier molecular flexibility index (Phi) is 6.32. The van der Waals surface area contributed by atoms with Crippen LogP contribution in [0.1, 0.15) is 67.2 Å². The van der Waals surface area contributed by atoms with Crippen LogP contribution in [0.3, 0.4) is 0 Å². The summed E-state index contributed by atoms with van der Waals surface area (Å²) in [4.78, 5) is 5.41. The molecule has 2 aliphatic rings. The van der Waals surface area contributed by atoms with Gasteiger partial charge in [-0.2, -0.15) is 0 Å². The molecule has 1 aliphatic carbocycles. The Labute approximate surface area is 138 Å². The molecule has 130 valence electrons. The molecule has 22 heavy (non-hydrogen) atoms. The molecule has 0 aromatic rings. The second kappa shape index (κ2) is 7.63. The van der Waals surface area contributed by atoms with Crippen LogP contribution in [0.2, 0.25) is 0 Å². The molecule has 1 heterocycles. The predicted molar refractivity (Wildman–Crippen MR) is 94.3 cm³/mol. The maximum Gasteiger partial charge on any atom is 0.0604 e. The van der Waals surface area contributed by atoms with E-state index in [9.17, 15) is 0 Å². The van der Waals surface area contributed by atoms with Crippen LogP contribution >= 0.6 is 0 Å². The first-order chi connectivity index (χ1) is 10.3. The third kappa shape index (κ3) is 4.69. The fourth-order valence-corrected chi connectivity index (χ4v) is 4.05. The van der Waals surface area contributed by atoms with Crippen molar-refractivity contribution < 1.29 is 4.74 Å². The van der Waals surface area contributed by atoms with Crippen molar-refractivity contribution >= 4 is 0 Å². The molecule has 0 atom stereocenters. The Morgan fingerprint density at radius 2 is 1.73 bits per heavy atom. The van der Waals surface area contributed by atoms with Crippen molar-refractivity contribution in [2.75, 3.05) is 26.2 Å². The van der Waals surface area contributed by atoms with Crippen molar-refractivity contribution in [1.82, 2.24) is 9.80 Å². The molecular weight excluding hydrogens is 272 g/mol. The number of hydrogen-bond donors (Lipinski definition) is 0. The topological polar surface area (TPSA) is 15.7 Å². The molecule has 0 amide bonds. The van der Waals surface area contributed by atoms with E-state index in [0.717, 1.165) is 18.6 Å². The SMILES string of the molecule is CCO[C@H]1C[C@@H](N(CC2CCN(C(C)(C)C)CC2)C(C)C)C1. The molecular formula is C19H38N2O. The average Bonchev–Trinajstić information content (AvgIpc) is 2.39. The third-order valence-corrected chi connectivity index (χ3v) is 5.64. The molecule has 2 rings (SSSR count). The lowest BCUT2D eigenvalue weighted by Crippen LogP contribution is -2.54. The van der Waals surface area contributed by atoms with E-state index in [-0.39, 0.29) is 0 Å². The number of piperidine rings is 1. The van der Waals surface area contributed by atoms with Crippen molar-refractivity contribution in [3.05, 3.63) is 0 Å². The highest BCUT2D eigenvalue weighted by Gasteiger charge is 2.37. The molecule has 0 N–H and O–H groups in total. The van der Waals surface area contributed by atoms with E-state index < -0.39 is 0 Å². The van der Waals surface area contributed by atoms with Crippen molar-refractivity contribution in [2.45, 2.75) is 91.0 Å². The smallest absolute Gasteiger partial charge is 0.0604 e. The van der Waals surface area contributed by atoms with Gasteiger partial charge in [-0.1, -0.05) is 0 Å². The quantitative estimate of drug-likeness (QED) is 0.742. The Morgan fingerprint density at radius 1 is 1.14 bits per heavy atom. The molecule has 3 heteroatoms. The Bertz CT molecular complexity index is 323. The highest BCUT2D eigenvalue weighted by molar-refractivity contribution is 4.91. The Balaban J connectivity index is 1.78. The first-order valence-electron chi connectivity index (χ1n) is 9.43. The van der Waals surface area contributed by atoms with Crippen molar-refractivity contribution in [2.24, 2.45) is 5.92 Å². The summed E-state index contributed by atoms with van der Waals surface area (Å²) in [5, 5.41) is 0. The van der Waals surface area contributed by atoms with Gasteiger partial charge >= 0.3 is 0 Å². The van der Waals surface area contributed by atoms with Crippen LogP contribution in [0.5, 0.6) is 0 Å². The molecule has 3 nitrogen and oxygen atoms in total. The maximum absolute atomic E-state index is 5.75. The summed E-state index contributed by atoms with van der Waals surface area (Å²) in [5.74, 6) is 0.882. The summed E-state index contributed by atoms with van der Waals surface area (Å²) in [6.07, 6.45) is 5.74. The standard InChI is InChI=1S/C19H38N2O/c1-7-22-18-12-17(13-18)21(15(2)3)14-16-8-10-20(11-9-16)19(4,5)6/h15-18H,7-14H2,1-6H3/t17-,18+. The van der Waals surface area contributed by atoms with Gasteiger partial charge in [-0.05, 0) is 86.2 Å². The van der Waals surface area contributed by atoms with E-state index in [1.807, 2.05) is 0 Å².